The predicted molar refractivity (Wildman–Crippen MR) is 108 cm³/mol. The first kappa shape index (κ1) is 20.9. The molecule has 7 nitrogen and oxygen atoms in total. The number of carbonyl (C=O) groups excluding carboxylic acids is 1. The number of amides is 1. The zero-order valence-corrected chi connectivity index (χ0v) is 16.9. The van der Waals surface area contributed by atoms with Crippen LogP contribution in [0, 0.1) is 0 Å². The second kappa shape index (κ2) is 10.0. The van der Waals surface area contributed by atoms with Crippen LogP contribution in [0.3, 0.4) is 0 Å². The summed E-state index contributed by atoms with van der Waals surface area (Å²) in [6.45, 7) is 5.14. The van der Waals surface area contributed by atoms with Crippen LogP contribution in [0.15, 0.2) is 39.8 Å². The van der Waals surface area contributed by atoms with Crippen molar-refractivity contribution in [1.82, 2.24) is 15.8 Å². The van der Waals surface area contributed by atoms with E-state index in [-0.39, 0.29) is 24.0 Å². The molecule has 1 amide bonds. The molecule has 1 aromatic carbocycles. The minimum atomic E-state index is -0.439. The van der Waals surface area contributed by atoms with Gasteiger partial charge in [0.05, 0.1) is 12.2 Å². The summed E-state index contributed by atoms with van der Waals surface area (Å²) in [6.07, 6.45) is 0. The molecular weight excluding hydrogens is 433 g/mol. The fraction of sp³-hybridized carbons (Fsp3) is 0.353. The highest BCUT2D eigenvalue weighted by molar-refractivity contribution is 14.0. The summed E-state index contributed by atoms with van der Waals surface area (Å²) in [7, 11) is 1.69. The Labute approximate surface area is 164 Å². The van der Waals surface area contributed by atoms with Gasteiger partial charge in [-0.1, -0.05) is 31.1 Å². The Morgan fingerprint density at radius 2 is 2.00 bits per heavy atom. The molecular formula is C17H24IN5O2. The Kier molecular flexibility index (Phi) is 8.39. The lowest BCUT2D eigenvalue weighted by atomic mass is 10.1. The van der Waals surface area contributed by atoms with Crippen LogP contribution >= 0.6 is 24.0 Å². The van der Waals surface area contributed by atoms with E-state index in [4.69, 9.17) is 10.3 Å². The molecule has 0 aliphatic carbocycles. The van der Waals surface area contributed by atoms with Crippen molar-refractivity contribution in [2.75, 3.05) is 7.05 Å². The van der Waals surface area contributed by atoms with Crippen LogP contribution in [0.2, 0.25) is 0 Å². The maximum Gasteiger partial charge on any atom is 0.248 e. The van der Waals surface area contributed by atoms with Crippen molar-refractivity contribution in [2.45, 2.75) is 32.9 Å². The van der Waals surface area contributed by atoms with Gasteiger partial charge in [0.1, 0.15) is 0 Å². The van der Waals surface area contributed by atoms with Crippen LogP contribution in [-0.4, -0.2) is 24.1 Å². The summed E-state index contributed by atoms with van der Waals surface area (Å²) in [5, 5.41) is 10.4. The van der Waals surface area contributed by atoms with Gasteiger partial charge in [-0.3, -0.25) is 9.79 Å². The number of aromatic nitrogens is 1. The monoisotopic (exact) mass is 457 g/mol. The van der Waals surface area contributed by atoms with Crippen molar-refractivity contribution >= 4 is 35.8 Å². The number of benzene rings is 1. The van der Waals surface area contributed by atoms with E-state index in [1.165, 1.54) is 0 Å². The van der Waals surface area contributed by atoms with E-state index in [2.05, 4.69) is 34.6 Å². The number of aliphatic imine (C=N–C) groups is 1. The van der Waals surface area contributed by atoms with Gasteiger partial charge in [0.2, 0.25) is 5.91 Å². The summed E-state index contributed by atoms with van der Waals surface area (Å²) in [4.78, 5) is 15.4. The zero-order chi connectivity index (χ0) is 17.5. The van der Waals surface area contributed by atoms with E-state index in [9.17, 15) is 4.79 Å². The molecule has 0 saturated heterocycles. The van der Waals surface area contributed by atoms with E-state index < -0.39 is 5.91 Å². The highest BCUT2D eigenvalue weighted by Gasteiger charge is 2.08. The van der Waals surface area contributed by atoms with Crippen molar-refractivity contribution in [2.24, 2.45) is 10.7 Å². The molecule has 0 bridgehead atoms. The lowest BCUT2D eigenvalue weighted by Crippen LogP contribution is -2.36. The van der Waals surface area contributed by atoms with Crippen LogP contribution in [-0.2, 0) is 13.1 Å². The fourth-order valence-electron chi connectivity index (χ4n) is 2.10. The molecule has 4 N–H and O–H groups in total. The predicted octanol–water partition coefficient (Wildman–Crippen LogP) is 2.38. The topological polar surface area (TPSA) is 106 Å². The van der Waals surface area contributed by atoms with Gasteiger partial charge >= 0.3 is 0 Å². The number of hydrogen-bond acceptors (Lipinski definition) is 4. The first-order valence-electron chi connectivity index (χ1n) is 7.78. The number of nitrogens with zero attached hydrogens (tertiary/aromatic N) is 2. The number of halogens is 1. The number of carbonyl (C=O) groups is 1. The number of hydrogen-bond donors (Lipinski definition) is 3. The normalized spacial score (nSPS) is 11.1. The third-order valence-electron chi connectivity index (χ3n) is 3.49. The fourth-order valence-corrected chi connectivity index (χ4v) is 2.10. The molecule has 0 aliphatic rings. The second-order valence-electron chi connectivity index (χ2n) is 5.72. The van der Waals surface area contributed by atoms with Crippen molar-refractivity contribution in [3.05, 3.63) is 52.9 Å². The first-order valence-corrected chi connectivity index (χ1v) is 7.78. The molecule has 2 aromatic rings. The summed E-state index contributed by atoms with van der Waals surface area (Å²) in [5.41, 5.74) is 7.64. The van der Waals surface area contributed by atoms with Crippen molar-refractivity contribution in [1.29, 1.82) is 0 Å². The molecule has 0 fully saturated rings. The van der Waals surface area contributed by atoms with Crippen molar-refractivity contribution in [3.8, 4) is 0 Å². The number of nitrogens with two attached hydrogens (primary N) is 1. The molecule has 1 heterocycles. The van der Waals surface area contributed by atoms with Crippen molar-refractivity contribution < 1.29 is 9.32 Å². The Bertz CT molecular complexity index is 727. The highest BCUT2D eigenvalue weighted by Crippen LogP contribution is 2.13. The van der Waals surface area contributed by atoms with Crippen LogP contribution < -0.4 is 16.4 Å². The largest absolute Gasteiger partial charge is 0.366 e. The molecule has 0 spiro atoms. The van der Waals surface area contributed by atoms with E-state index in [1.807, 2.05) is 12.1 Å². The SMILES string of the molecule is CN=C(NCc1cccc(C(N)=O)c1)NCc1cc(C(C)C)no1.I. The lowest BCUT2D eigenvalue weighted by Gasteiger charge is -2.11. The standard InChI is InChI=1S/C17H23N5O2.HI/c1-11(2)15-8-14(24-22-15)10-21-17(19-3)20-9-12-5-4-6-13(7-12)16(18)23;/h4-8,11H,9-10H2,1-3H3,(H2,18,23)(H2,19,20,21);1H. The highest BCUT2D eigenvalue weighted by atomic mass is 127. The number of nitrogens with one attached hydrogen (secondary N) is 2. The first-order chi connectivity index (χ1) is 11.5. The van der Waals surface area contributed by atoms with Gasteiger partial charge in [0, 0.05) is 25.2 Å². The summed E-state index contributed by atoms with van der Waals surface area (Å²) in [6, 6.07) is 9.09. The van der Waals surface area contributed by atoms with E-state index in [1.54, 1.807) is 25.2 Å². The van der Waals surface area contributed by atoms with Crippen LogP contribution in [0.4, 0.5) is 0 Å². The maximum atomic E-state index is 11.2. The van der Waals surface area contributed by atoms with Gasteiger partial charge in [0.25, 0.3) is 0 Å². The molecule has 0 saturated carbocycles. The van der Waals surface area contributed by atoms with E-state index in [0.29, 0.717) is 30.5 Å². The third-order valence-corrected chi connectivity index (χ3v) is 3.49. The molecule has 2 rings (SSSR count). The average Bonchev–Trinajstić information content (AvgIpc) is 3.04. The Balaban J connectivity index is 0.00000312. The number of primary amides is 1. The Hall–Kier alpha value is -2.10. The van der Waals surface area contributed by atoms with Gasteiger partial charge in [-0.2, -0.15) is 0 Å². The minimum Gasteiger partial charge on any atom is -0.366 e. The van der Waals surface area contributed by atoms with Crippen LogP contribution in [0.1, 0.15) is 47.1 Å². The van der Waals surface area contributed by atoms with E-state index >= 15 is 0 Å². The van der Waals surface area contributed by atoms with E-state index in [0.717, 1.165) is 17.0 Å². The third kappa shape index (κ3) is 6.37. The smallest absolute Gasteiger partial charge is 0.248 e. The second-order valence-corrected chi connectivity index (χ2v) is 5.72. The number of rotatable bonds is 6. The van der Waals surface area contributed by atoms with Crippen LogP contribution in [0.25, 0.3) is 0 Å². The molecule has 8 heteroatoms. The quantitative estimate of drug-likeness (QED) is 0.351. The molecule has 1 aromatic heterocycles. The maximum absolute atomic E-state index is 11.2. The van der Waals surface area contributed by atoms with Gasteiger partial charge in [-0.25, -0.2) is 0 Å². The zero-order valence-electron chi connectivity index (χ0n) is 14.6. The van der Waals surface area contributed by atoms with Gasteiger partial charge in [-0.05, 0) is 23.6 Å². The minimum absolute atomic E-state index is 0. The molecule has 25 heavy (non-hydrogen) atoms. The van der Waals surface area contributed by atoms with Crippen LogP contribution in [0.5, 0.6) is 0 Å². The average molecular weight is 457 g/mol. The molecule has 0 unspecified atom stereocenters. The summed E-state index contributed by atoms with van der Waals surface area (Å²) in [5.74, 6) is 1.27. The summed E-state index contributed by atoms with van der Waals surface area (Å²) < 4.78 is 5.28. The Morgan fingerprint density at radius 1 is 1.28 bits per heavy atom. The summed E-state index contributed by atoms with van der Waals surface area (Å²) >= 11 is 0. The molecule has 0 radical (unpaired) electrons. The van der Waals surface area contributed by atoms with Gasteiger partial charge in [-0.15, -0.1) is 24.0 Å². The molecule has 136 valence electrons. The van der Waals surface area contributed by atoms with Gasteiger partial charge in [0.15, 0.2) is 11.7 Å². The molecule has 0 atom stereocenters. The van der Waals surface area contributed by atoms with Gasteiger partial charge < -0.3 is 20.9 Å². The lowest BCUT2D eigenvalue weighted by molar-refractivity contribution is 0.1000. The van der Waals surface area contributed by atoms with Crippen molar-refractivity contribution in [3.63, 3.8) is 0 Å². The Morgan fingerprint density at radius 3 is 2.60 bits per heavy atom. The molecule has 0 aliphatic heterocycles. The number of guanidine groups is 1.